The highest BCUT2D eigenvalue weighted by Crippen LogP contribution is 2.17. The molecule has 100 valence electrons. The predicted molar refractivity (Wildman–Crippen MR) is 73.7 cm³/mol. The molecule has 1 fully saturated rings. The van der Waals surface area contributed by atoms with E-state index in [4.69, 9.17) is 0 Å². The number of aromatic nitrogens is 2. The summed E-state index contributed by atoms with van der Waals surface area (Å²) in [6.07, 6.45) is 5.00. The highest BCUT2D eigenvalue weighted by atomic mass is 15.2. The minimum absolute atomic E-state index is 0.749. The summed E-state index contributed by atoms with van der Waals surface area (Å²) in [6.45, 7) is 4.23. The van der Waals surface area contributed by atoms with Crippen molar-refractivity contribution in [2.75, 3.05) is 45.7 Å². The Morgan fingerprint density at radius 3 is 2.83 bits per heavy atom. The Hall–Kier alpha value is -1.20. The van der Waals surface area contributed by atoms with Crippen molar-refractivity contribution in [3.8, 4) is 0 Å². The number of nitrogens with one attached hydrogen (secondary N) is 1. The highest BCUT2D eigenvalue weighted by Gasteiger charge is 2.21. The van der Waals surface area contributed by atoms with Crippen molar-refractivity contribution in [2.45, 2.75) is 13.0 Å². The van der Waals surface area contributed by atoms with Crippen molar-refractivity contribution in [1.82, 2.24) is 20.2 Å². The van der Waals surface area contributed by atoms with Gasteiger partial charge in [0.15, 0.2) is 0 Å². The number of hydrogen-bond acceptors (Lipinski definition) is 5. The lowest BCUT2D eigenvalue weighted by Crippen LogP contribution is -2.28. The van der Waals surface area contributed by atoms with Crippen LogP contribution in [0.15, 0.2) is 12.4 Å². The topological polar surface area (TPSA) is 44.3 Å². The van der Waals surface area contributed by atoms with E-state index in [0.29, 0.717) is 0 Å². The normalized spacial score (nSPS) is 20.3. The van der Waals surface area contributed by atoms with Gasteiger partial charge in [0.1, 0.15) is 5.82 Å². The van der Waals surface area contributed by atoms with Gasteiger partial charge in [0.25, 0.3) is 0 Å². The zero-order valence-electron chi connectivity index (χ0n) is 11.6. The fourth-order valence-corrected chi connectivity index (χ4v) is 2.47. The highest BCUT2D eigenvalue weighted by molar-refractivity contribution is 5.34. The van der Waals surface area contributed by atoms with Crippen LogP contribution in [0.25, 0.3) is 0 Å². The van der Waals surface area contributed by atoms with Crippen LogP contribution >= 0.6 is 0 Å². The van der Waals surface area contributed by atoms with Gasteiger partial charge in [-0.3, -0.25) is 4.98 Å². The van der Waals surface area contributed by atoms with Crippen LogP contribution in [0.4, 0.5) is 5.82 Å². The van der Waals surface area contributed by atoms with Crippen molar-refractivity contribution >= 4 is 5.82 Å². The van der Waals surface area contributed by atoms with Crippen molar-refractivity contribution in [1.29, 1.82) is 0 Å². The first-order chi connectivity index (χ1) is 8.69. The van der Waals surface area contributed by atoms with Crippen molar-refractivity contribution in [2.24, 2.45) is 5.92 Å². The minimum atomic E-state index is 0.749. The van der Waals surface area contributed by atoms with Crippen LogP contribution in [0, 0.1) is 5.92 Å². The van der Waals surface area contributed by atoms with Crippen LogP contribution in [0.5, 0.6) is 0 Å². The Labute approximate surface area is 109 Å². The summed E-state index contributed by atoms with van der Waals surface area (Å²) in [6, 6.07) is 0. The molecule has 5 heteroatoms. The molecular formula is C13H23N5. The second-order valence-electron chi connectivity index (χ2n) is 5.19. The Morgan fingerprint density at radius 2 is 2.28 bits per heavy atom. The Balaban J connectivity index is 1.90. The zero-order chi connectivity index (χ0) is 13.0. The van der Waals surface area contributed by atoms with Gasteiger partial charge in [-0.15, -0.1) is 0 Å². The van der Waals surface area contributed by atoms with Crippen LogP contribution in [0.1, 0.15) is 12.1 Å². The summed E-state index contributed by atoms with van der Waals surface area (Å²) in [5.41, 5.74) is 0.982. The van der Waals surface area contributed by atoms with E-state index in [0.717, 1.165) is 30.5 Å². The molecule has 1 unspecified atom stereocenters. The number of likely N-dealkylation sites (tertiary alicyclic amines) is 1. The van der Waals surface area contributed by atoms with Gasteiger partial charge in [-0.1, -0.05) is 0 Å². The second-order valence-corrected chi connectivity index (χ2v) is 5.19. The third-order valence-corrected chi connectivity index (χ3v) is 3.46. The lowest BCUT2D eigenvalue weighted by molar-refractivity contribution is 0.395. The molecule has 1 N–H and O–H groups in total. The molecule has 0 aliphatic carbocycles. The smallest absolute Gasteiger partial charge is 0.146 e. The average molecular weight is 249 g/mol. The van der Waals surface area contributed by atoms with E-state index >= 15 is 0 Å². The fraction of sp³-hybridized carbons (Fsp3) is 0.692. The molecule has 1 aliphatic heterocycles. The largest absolute Gasteiger partial charge is 0.358 e. The van der Waals surface area contributed by atoms with Gasteiger partial charge in [0.05, 0.1) is 18.1 Å². The minimum Gasteiger partial charge on any atom is -0.358 e. The molecule has 1 aromatic rings. The van der Waals surface area contributed by atoms with E-state index in [1.54, 1.807) is 0 Å². The lowest BCUT2D eigenvalue weighted by Gasteiger charge is -2.21. The van der Waals surface area contributed by atoms with Gasteiger partial charge in [0, 0.05) is 26.7 Å². The zero-order valence-corrected chi connectivity index (χ0v) is 11.6. The molecule has 18 heavy (non-hydrogen) atoms. The van der Waals surface area contributed by atoms with E-state index < -0.39 is 0 Å². The molecule has 1 atom stereocenters. The first-order valence-electron chi connectivity index (χ1n) is 6.54. The average Bonchev–Trinajstić information content (AvgIpc) is 2.76. The molecule has 0 saturated carbocycles. The Morgan fingerprint density at radius 1 is 1.44 bits per heavy atom. The summed E-state index contributed by atoms with van der Waals surface area (Å²) in [5, 5.41) is 3.07. The Kier molecular flexibility index (Phi) is 4.49. The van der Waals surface area contributed by atoms with E-state index in [1.807, 2.05) is 19.4 Å². The molecule has 0 spiro atoms. The molecular weight excluding hydrogens is 226 g/mol. The third-order valence-electron chi connectivity index (χ3n) is 3.46. The molecule has 1 saturated heterocycles. The van der Waals surface area contributed by atoms with Crippen LogP contribution in [0.2, 0.25) is 0 Å². The van der Waals surface area contributed by atoms with E-state index in [1.165, 1.54) is 19.5 Å². The molecule has 0 radical (unpaired) electrons. The molecule has 5 nitrogen and oxygen atoms in total. The number of nitrogens with zero attached hydrogens (tertiary/aromatic N) is 4. The SMILES string of the molecule is CNCc1cnc(N(C)CC2CCN(C)C2)cn1. The summed E-state index contributed by atoms with van der Waals surface area (Å²) in [7, 11) is 6.20. The monoisotopic (exact) mass is 249 g/mol. The van der Waals surface area contributed by atoms with Crippen LogP contribution in [-0.4, -0.2) is 55.6 Å². The van der Waals surface area contributed by atoms with Crippen molar-refractivity contribution < 1.29 is 0 Å². The quantitative estimate of drug-likeness (QED) is 0.827. The lowest BCUT2D eigenvalue weighted by atomic mass is 10.1. The van der Waals surface area contributed by atoms with Crippen LogP contribution < -0.4 is 10.2 Å². The van der Waals surface area contributed by atoms with E-state index in [2.05, 4.69) is 39.2 Å². The number of rotatable bonds is 5. The summed E-state index contributed by atoms with van der Waals surface area (Å²) < 4.78 is 0. The number of hydrogen-bond donors (Lipinski definition) is 1. The fourth-order valence-electron chi connectivity index (χ4n) is 2.47. The van der Waals surface area contributed by atoms with Crippen LogP contribution in [-0.2, 0) is 6.54 Å². The van der Waals surface area contributed by atoms with E-state index in [-0.39, 0.29) is 0 Å². The second kappa shape index (κ2) is 6.11. The van der Waals surface area contributed by atoms with Gasteiger partial charge in [-0.25, -0.2) is 4.98 Å². The summed E-state index contributed by atoms with van der Waals surface area (Å²) >= 11 is 0. The number of anilines is 1. The molecule has 2 heterocycles. The summed E-state index contributed by atoms with van der Waals surface area (Å²) in [5.74, 6) is 1.71. The molecule has 1 aromatic heterocycles. The molecule has 0 amide bonds. The molecule has 0 aromatic carbocycles. The van der Waals surface area contributed by atoms with Gasteiger partial charge < -0.3 is 15.1 Å². The first kappa shape index (κ1) is 13.2. The van der Waals surface area contributed by atoms with Gasteiger partial charge >= 0.3 is 0 Å². The van der Waals surface area contributed by atoms with E-state index in [9.17, 15) is 0 Å². The maximum Gasteiger partial charge on any atom is 0.146 e. The molecule has 1 aliphatic rings. The maximum absolute atomic E-state index is 4.47. The van der Waals surface area contributed by atoms with Crippen LogP contribution in [0.3, 0.4) is 0 Å². The third kappa shape index (κ3) is 3.40. The van der Waals surface area contributed by atoms with Gasteiger partial charge in [-0.2, -0.15) is 0 Å². The first-order valence-corrected chi connectivity index (χ1v) is 6.54. The van der Waals surface area contributed by atoms with Crippen molar-refractivity contribution in [3.63, 3.8) is 0 Å². The Bertz CT molecular complexity index is 364. The summed E-state index contributed by atoms with van der Waals surface area (Å²) in [4.78, 5) is 13.5. The molecule has 0 bridgehead atoms. The standard InChI is InChI=1S/C13H23N5/c1-14-6-12-7-16-13(8-15-12)18(3)10-11-4-5-17(2)9-11/h7-8,11,14H,4-6,9-10H2,1-3H3. The van der Waals surface area contributed by atoms with Gasteiger partial charge in [-0.05, 0) is 33.0 Å². The predicted octanol–water partition coefficient (Wildman–Crippen LogP) is 0.584. The van der Waals surface area contributed by atoms with Crippen molar-refractivity contribution in [3.05, 3.63) is 18.1 Å². The maximum atomic E-state index is 4.47. The van der Waals surface area contributed by atoms with Gasteiger partial charge in [0.2, 0.25) is 0 Å². The molecule has 2 rings (SSSR count).